The highest BCUT2D eigenvalue weighted by molar-refractivity contribution is 4.65. The van der Waals surface area contributed by atoms with Gasteiger partial charge in [-0.15, -0.1) is 0 Å². The Kier molecular flexibility index (Phi) is 3.12. The van der Waals surface area contributed by atoms with Gasteiger partial charge in [-0.1, -0.05) is 0 Å². The molecule has 0 aliphatic carbocycles. The molecule has 0 radical (unpaired) electrons. The maximum absolute atomic E-state index is 9.10. The molecular weight excluding hydrogens is 132 g/mol. The van der Waals surface area contributed by atoms with Crippen LogP contribution in [0.1, 0.15) is 19.3 Å². The van der Waals surface area contributed by atoms with E-state index in [-0.39, 0.29) is 18.8 Å². The molecule has 1 heterocycles. The molecule has 2 atom stereocenters. The van der Waals surface area contributed by atoms with E-state index in [1.54, 1.807) is 0 Å². The normalized spacial score (nSPS) is 35.4. The first-order valence-electron chi connectivity index (χ1n) is 3.73. The van der Waals surface area contributed by atoms with E-state index in [1.807, 2.05) is 0 Å². The van der Waals surface area contributed by atoms with E-state index in [1.165, 1.54) is 0 Å². The average molecular weight is 146 g/mol. The van der Waals surface area contributed by atoms with Crippen molar-refractivity contribution >= 4 is 0 Å². The van der Waals surface area contributed by atoms with Gasteiger partial charge < -0.3 is 14.9 Å². The van der Waals surface area contributed by atoms with Crippen LogP contribution < -0.4 is 0 Å². The van der Waals surface area contributed by atoms with Crippen LogP contribution in [-0.4, -0.2) is 35.6 Å². The van der Waals surface area contributed by atoms with Crippen LogP contribution in [0.15, 0.2) is 0 Å². The van der Waals surface area contributed by atoms with Crippen molar-refractivity contribution in [2.75, 3.05) is 13.2 Å². The van der Waals surface area contributed by atoms with E-state index in [9.17, 15) is 0 Å². The molecule has 0 spiro atoms. The van der Waals surface area contributed by atoms with Gasteiger partial charge in [0, 0.05) is 0 Å². The van der Waals surface area contributed by atoms with Crippen LogP contribution >= 0.6 is 0 Å². The molecule has 1 fully saturated rings. The first-order chi connectivity index (χ1) is 4.83. The van der Waals surface area contributed by atoms with Gasteiger partial charge in [0.2, 0.25) is 0 Å². The lowest BCUT2D eigenvalue weighted by Gasteiger charge is -2.10. The van der Waals surface area contributed by atoms with Gasteiger partial charge in [-0.3, -0.25) is 0 Å². The van der Waals surface area contributed by atoms with Crippen LogP contribution in [0.4, 0.5) is 0 Å². The molecule has 60 valence electrons. The molecule has 1 aliphatic rings. The predicted molar refractivity (Wildman–Crippen MR) is 36.7 cm³/mol. The van der Waals surface area contributed by atoms with Gasteiger partial charge in [-0.05, 0) is 19.3 Å². The summed E-state index contributed by atoms with van der Waals surface area (Å²) in [5.74, 6) is 0. The number of aliphatic hydroxyl groups is 2. The molecular formula is C7H14O3. The molecule has 1 saturated heterocycles. The smallest absolute Gasteiger partial charge is 0.0807 e. The number of rotatable bonds is 1. The first kappa shape index (κ1) is 7.98. The Morgan fingerprint density at radius 1 is 1.40 bits per heavy atom. The summed E-state index contributed by atoms with van der Waals surface area (Å²) in [4.78, 5) is 0. The Balaban J connectivity index is 2.26. The zero-order valence-electron chi connectivity index (χ0n) is 5.99. The second kappa shape index (κ2) is 3.91. The van der Waals surface area contributed by atoms with Crippen LogP contribution in [0.3, 0.4) is 0 Å². The van der Waals surface area contributed by atoms with Crippen LogP contribution in [0, 0.1) is 0 Å². The van der Waals surface area contributed by atoms with Crippen LogP contribution in [0.25, 0.3) is 0 Å². The molecule has 1 aliphatic heterocycles. The minimum absolute atomic E-state index is 0.0443. The number of ether oxygens (including phenoxy) is 1. The van der Waals surface area contributed by atoms with Gasteiger partial charge in [0.15, 0.2) is 0 Å². The molecule has 0 saturated carbocycles. The van der Waals surface area contributed by atoms with Gasteiger partial charge in [0.25, 0.3) is 0 Å². The Hall–Kier alpha value is -0.120. The minimum atomic E-state index is -0.323. The Morgan fingerprint density at radius 2 is 2.20 bits per heavy atom. The molecule has 3 heteroatoms. The lowest BCUT2D eigenvalue weighted by Crippen LogP contribution is -2.19. The molecule has 0 aromatic carbocycles. The Morgan fingerprint density at radius 3 is 2.90 bits per heavy atom. The predicted octanol–water partition coefficient (Wildman–Crippen LogP) is -0.0913. The van der Waals surface area contributed by atoms with Crippen molar-refractivity contribution in [1.82, 2.24) is 0 Å². The highest BCUT2D eigenvalue weighted by Crippen LogP contribution is 2.12. The summed E-state index contributed by atoms with van der Waals surface area (Å²) in [5.41, 5.74) is 0. The molecule has 1 rings (SSSR count). The van der Waals surface area contributed by atoms with E-state index >= 15 is 0 Å². The van der Waals surface area contributed by atoms with E-state index in [0.29, 0.717) is 6.61 Å². The van der Waals surface area contributed by atoms with E-state index in [4.69, 9.17) is 14.9 Å². The second-order valence-corrected chi connectivity index (χ2v) is 2.72. The average Bonchev–Trinajstić information content (AvgIpc) is 2.14. The minimum Gasteiger partial charge on any atom is -0.394 e. The molecule has 2 unspecified atom stereocenters. The number of aliphatic hydroxyl groups excluding tert-OH is 2. The zero-order chi connectivity index (χ0) is 7.40. The number of hydrogen-bond acceptors (Lipinski definition) is 3. The standard InChI is InChI=1S/C7H14O3/c8-4-7-3-1-2-6(9)5-10-7/h6-9H,1-5H2. The summed E-state index contributed by atoms with van der Waals surface area (Å²) < 4.78 is 5.16. The molecule has 0 bridgehead atoms. The molecule has 0 amide bonds. The summed E-state index contributed by atoms with van der Waals surface area (Å²) in [6.07, 6.45) is 2.25. The lowest BCUT2D eigenvalue weighted by molar-refractivity contribution is -0.0185. The Labute approximate surface area is 60.6 Å². The van der Waals surface area contributed by atoms with Crippen LogP contribution in [0.2, 0.25) is 0 Å². The zero-order valence-corrected chi connectivity index (χ0v) is 5.99. The molecule has 0 aromatic heterocycles. The van der Waals surface area contributed by atoms with Crippen molar-refractivity contribution in [2.45, 2.75) is 31.5 Å². The Bertz CT molecular complexity index is 94.9. The fourth-order valence-electron chi connectivity index (χ4n) is 1.14. The topological polar surface area (TPSA) is 49.7 Å². The van der Waals surface area contributed by atoms with E-state index < -0.39 is 0 Å². The van der Waals surface area contributed by atoms with E-state index in [0.717, 1.165) is 19.3 Å². The van der Waals surface area contributed by atoms with Gasteiger partial charge in [0.1, 0.15) is 0 Å². The van der Waals surface area contributed by atoms with Crippen molar-refractivity contribution in [2.24, 2.45) is 0 Å². The van der Waals surface area contributed by atoms with Gasteiger partial charge in [-0.25, -0.2) is 0 Å². The molecule has 3 nitrogen and oxygen atoms in total. The summed E-state index contributed by atoms with van der Waals surface area (Å²) in [5, 5.41) is 17.8. The monoisotopic (exact) mass is 146 g/mol. The van der Waals surface area contributed by atoms with Gasteiger partial charge >= 0.3 is 0 Å². The van der Waals surface area contributed by atoms with Gasteiger partial charge in [0.05, 0.1) is 25.4 Å². The summed E-state index contributed by atoms with van der Waals surface area (Å²) in [6.45, 7) is 0.456. The fraction of sp³-hybridized carbons (Fsp3) is 1.00. The van der Waals surface area contributed by atoms with Crippen molar-refractivity contribution in [3.63, 3.8) is 0 Å². The van der Waals surface area contributed by atoms with Crippen molar-refractivity contribution < 1.29 is 14.9 Å². The molecule has 10 heavy (non-hydrogen) atoms. The summed E-state index contributed by atoms with van der Waals surface area (Å²) >= 11 is 0. The lowest BCUT2D eigenvalue weighted by atomic mass is 10.1. The third kappa shape index (κ3) is 2.25. The number of hydrogen-bond donors (Lipinski definition) is 2. The highest BCUT2D eigenvalue weighted by Gasteiger charge is 2.15. The van der Waals surface area contributed by atoms with Crippen LogP contribution in [-0.2, 0) is 4.74 Å². The summed E-state index contributed by atoms with van der Waals surface area (Å²) in [7, 11) is 0. The molecule has 0 aromatic rings. The van der Waals surface area contributed by atoms with E-state index in [2.05, 4.69) is 0 Å². The fourth-order valence-corrected chi connectivity index (χ4v) is 1.14. The first-order valence-corrected chi connectivity index (χ1v) is 3.73. The quantitative estimate of drug-likeness (QED) is 0.543. The third-order valence-corrected chi connectivity index (χ3v) is 1.79. The maximum atomic E-state index is 9.10. The maximum Gasteiger partial charge on any atom is 0.0807 e. The second-order valence-electron chi connectivity index (χ2n) is 2.72. The SMILES string of the molecule is OCC1CCCC(O)CO1. The summed E-state index contributed by atoms with van der Waals surface area (Å²) in [6, 6.07) is 0. The highest BCUT2D eigenvalue weighted by atomic mass is 16.5. The van der Waals surface area contributed by atoms with Gasteiger partial charge in [-0.2, -0.15) is 0 Å². The third-order valence-electron chi connectivity index (χ3n) is 1.79. The van der Waals surface area contributed by atoms with Crippen molar-refractivity contribution in [3.05, 3.63) is 0 Å². The van der Waals surface area contributed by atoms with Crippen LogP contribution in [0.5, 0.6) is 0 Å². The largest absolute Gasteiger partial charge is 0.394 e. The van der Waals surface area contributed by atoms with Crippen molar-refractivity contribution in [3.8, 4) is 0 Å². The molecule has 2 N–H and O–H groups in total. The van der Waals surface area contributed by atoms with Crippen molar-refractivity contribution in [1.29, 1.82) is 0 Å².